The fourth-order valence-electron chi connectivity index (χ4n) is 5.08. The highest BCUT2D eigenvalue weighted by atomic mass is 16.5. The lowest BCUT2D eigenvalue weighted by atomic mass is 9.94. The second-order valence-corrected chi connectivity index (χ2v) is 9.75. The molecule has 1 saturated heterocycles. The van der Waals surface area contributed by atoms with Crippen molar-refractivity contribution in [1.29, 1.82) is 0 Å². The Morgan fingerprint density at radius 1 is 1.14 bits per heavy atom. The van der Waals surface area contributed by atoms with Crippen molar-refractivity contribution in [3.63, 3.8) is 0 Å². The fraction of sp³-hybridized carbons (Fsp3) is 0.467. The molecule has 2 aliphatic heterocycles. The van der Waals surface area contributed by atoms with Gasteiger partial charge < -0.3 is 24.4 Å². The van der Waals surface area contributed by atoms with Crippen LogP contribution in [0.2, 0.25) is 0 Å². The fourth-order valence-corrected chi connectivity index (χ4v) is 5.08. The first-order valence-corrected chi connectivity index (χ1v) is 13.4. The minimum absolute atomic E-state index is 0.0634. The van der Waals surface area contributed by atoms with Crippen LogP contribution in [0.1, 0.15) is 63.3 Å². The smallest absolute Gasteiger partial charge is 0.295 e. The third-order valence-corrected chi connectivity index (χ3v) is 7.20. The predicted molar refractivity (Wildman–Crippen MR) is 144 cm³/mol. The van der Waals surface area contributed by atoms with E-state index in [1.54, 1.807) is 11.0 Å². The van der Waals surface area contributed by atoms with Crippen molar-refractivity contribution in [3.05, 3.63) is 64.7 Å². The average molecular weight is 507 g/mol. The molecule has 1 N–H and O–H groups in total. The number of carbonyl (C=O) groups excluding carboxylic acids is 2. The highest BCUT2D eigenvalue weighted by Crippen LogP contribution is 2.41. The van der Waals surface area contributed by atoms with Gasteiger partial charge in [-0.15, -0.1) is 0 Å². The molecule has 0 aliphatic carbocycles. The van der Waals surface area contributed by atoms with Crippen LogP contribution in [0.25, 0.3) is 5.76 Å². The first-order chi connectivity index (χ1) is 17.9. The van der Waals surface area contributed by atoms with Crippen molar-refractivity contribution in [2.24, 2.45) is 0 Å². The predicted octanol–water partition coefficient (Wildman–Crippen LogP) is 4.95. The minimum atomic E-state index is -0.700. The summed E-state index contributed by atoms with van der Waals surface area (Å²) in [4.78, 5) is 30.5. The van der Waals surface area contributed by atoms with Crippen LogP contribution in [0.4, 0.5) is 0 Å². The Labute approximate surface area is 219 Å². The molecule has 1 amide bonds. The van der Waals surface area contributed by atoms with Gasteiger partial charge in [0.2, 0.25) is 0 Å². The highest BCUT2D eigenvalue weighted by molar-refractivity contribution is 6.46. The largest absolute Gasteiger partial charge is 0.507 e. The Hall–Kier alpha value is -3.32. The maximum absolute atomic E-state index is 13.4. The molecule has 0 saturated carbocycles. The highest BCUT2D eigenvalue weighted by Gasteiger charge is 2.46. The van der Waals surface area contributed by atoms with Crippen molar-refractivity contribution in [2.45, 2.75) is 59.1 Å². The van der Waals surface area contributed by atoms with Gasteiger partial charge in [-0.3, -0.25) is 9.59 Å². The molecule has 2 heterocycles. The summed E-state index contributed by atoms with van der Waals surface area (Å²) in [5.41, 5.74) is 2.35. The Kier molecular flexibility index (Phi) is 8.54. The second kappa shape index (κ2) is 11.8. The van der Waals surface area contributed by atoms with Crippen LogP contribution >= 0.6 is 0 Å². The lowest BCUT2D eigenvalue weighted by Gasteiger charge is -2.28. The van der Waals surface area contributed by atoms with Crippen molar-refractivity contribution >= 4 is 17.4 Å². The molecule has 7 nitrogen and oxygen atoms in total. The van der Waals surface area contributed by atoms with E-state index in [2.05, 4.69) is 25.7 Å². The number of ketones is 1. The molecule has 2 atom stereocenters. The van der Waals surface area contributed by atoms with Crippen molar-refractivity contribution < 1.29 is 24.2 Å². The van der Waals surface area contributed by atoms with Crippen molar-refractivity contribution in [2.75, 3.05) is 32.8 Å². The number of amides is 1. The number of rotatable bonds is 11. The number of hydrogen-bond donors (Lipinski definition) is 1. The van der Waals surface area contributed by atoms with Gasteiger partial charge in [-0.1, -0.05) is 39.3 Å². The number of nitrogens with zero attached hydrogens (tertiary/aromatic N) is 2. The summed E-state index contributed by atoms with van der Waals surface area (Å²) in [5, 5.41) is 11.5. The van der Waals surface area contributed by atoms with Gasteiger partial charge >= 0.3 is 0 Å². The van der Waals surface area contributed by atoms with Crippen LogP contribution in [0, 0.1) is 0 Å². The number of fused-ring (bicyclic) bond motifs is 1. The summed E-state index contributed by atoms with van der Waals surface area (Å²) < 4.78 is 11.7. The number of unbranched alkanes of at least 4 members (excludes halogenated alkanes) is 1. The maximum atomic E-state index is 13.4. The molecule has 37 heavy (non-hydrogen) atoms. The van der Waals surface area contributed by atoms with Crippen LogP contribution in [-0.2, 0) is 16.0 Å². The lowest BCUT2D eigenvalue weighted by Crippen LogP contribution is -2.38. The van der Waals surface area contributed by atoms with Gasteiger partial charge in [0, 0.05) is 25.1 Å². The minimum Gasteiger partial charge on any atom is -0.507 e. The van der Waals surface area contributed by atoms with Crippen molar-refractivity contribution in [3.8, 4) is 11.5 Å². The molecule has 0 spiro atoms. The molecule has 2 aromatic rings. The zero-order valence-corrected chi connectivity index (χ0v) is 22.3. The van der Waals surface area contributed by atoms with E-state index >= 15 is 0 Å². The monoisotopic (exact) mass is 506 g/mol. The van der Waals surface area contributed by atoms with Crippen molar-refractivity contribution in [1.82, 2.24) is 9.80 Å². The zero-order chi connectivity index (χ0) is 26.5. The molecule has 198 valence electrons. The number of hydrogen-bond acceptors (Lipinski definition) is 6. The van der Waals surface area contributed by atoms with E-state index in [1.165, 1.54) is 0 Å². The topological polar surface area (TPSA) is 79.3 Å². The van der Waals surface area contributed by atoms with Gasteiger partial charge in [0.15, 0.2) is 0 Å². The molecule has 0 unspecified atom stereocenters. The molecule has 0 radical (unpaired) electrons. The quantitative estimate of drug-likeness (QED) is 0.201. The third kappa shape index (κ3) is 5.67. The number of likely N-dealkylation sites (tertiary alicyclic amines) is 1. The number of ether oxygens (including phenoxy) is 2. The summed E-state index contributed by atoms with van der Waals surface area (Å²) >= 11 is 0. The maximum Gasteiger partial charge on any atom is 0.295 e. The SMILES string of the molecule is CCCCOc1cccc([C@H]2/C(=C(\O)c3ccc4c(c3)C[C@H](C)O4)C(=O)C(=O)N2CCN(CC)CC)c1. The molecular weight excluding hydrogens is 468 g/mol. The zero-order valence-electron chi connectivity index (χ0n) is 22.3. The van der Waals surface area contributed by atoms with E-state index in [0.29, 0.717) is 31.0 Å². The summed E-state index contributed by atoms with van der Waals surface area (Å²) in [6.45, 7) is 11.6. The van der Waals surface area contributed by atoms with Gasteiger partial charge in [-0.25, -0.2) is 0 Å². The average Bonchev–Trinajstić information content (AvgIpc) is 3.40. The molecule has 0 bridgehead atoms. The van der Waals surface area contributed by atoms with E-state index in [9.17, 15) is 14.7 Å². The van der Waals surface area contributed by atoms with Crippen LogP contribution < -0.4 is 9.47 Å². The Balaban J connectivity index is 1.76. The van der Waals surface area contributed by atoms with Gasteiger partial charge in [-0.05, 0) is 67.9 Å². The first-order valence-electron chi connectivity index (χ1n) is 13.4. The van der Waals surface area contributed by atoms with Crippen LogP contribution in [0.3, 0.4) is 0 Å². The Morgan fingerprint density at radius 2 is 1.92 bits per heavy atom. The van der Waals surface area contributed by atoms with E-state index < -0.39 is 17.7 Å². The third-order valence-electron chi connectivity index (χ3n) is 7.20. The second-order valence-electron chi connectivity index (χ2n) is 9.75. The Bertz CT molecular complexity index is 1170. The van der Waals surface area contributed by atoms with Gasteiger partial charge in [0.05, 0.1) is 18.2 Å². The number of benzene rings is 2. The summed E-state index contributed by atoms with van der Waals surface area (Å²) in [6.07, 6.45) is 2.76. The number of aliphatic hydroxyl groups is 1. The molecule has 2 aromatic carbocycles. The van der Waals surface area contributed by atoms with Gasteiger partial charge in [0.1, 0.15) is 23.4 Å². The van der Waals surface area contributed by atoms with Crippen LogP contribution in [0.15, 0.2) is 48.0 Å². The van der Waals surface area contributed by atoms with Gasteiger partial charge in [0.25, 0.3) is 11.7 Å². The number of Topliss-reactive ketones (excluding diaryl/α,β-unsaturated/α-hetero) is 1. The molecule has 0 aromatic heterocycles. The van der Waals surface area contributed by atoms with E-state index in [-0.39, 0.29) is 17.4 Å². The molecule has 2 aliphatic rings. The van der Waals surface area contributed by atoms with Crippen LogP contribution in [-0.4, -0.2) is 65.5 Å². The summed E-state index contributed by atoms with van der Waals surface area (Å²) in [6, 6.07) is 12.2. The molecule has 1 fully saturated rings. The molecular formula is C30H38N2O5. The number of carbonyl (C=O) groups is 2. The van der Waals surface area contributed by atoms with E-state index in [4.69, 9.17) is 9.47 Å². The number of likely N-dealkylation sites (N-methyl/N-ethyl adjacent to an activating group) is 1. The van der Waals surface area contributed by atoms with Gasteiger partial charge in [-0.2, -0.15) is 0 Å². The first kappa shape index (κ1) is 26.7. The summed E-state index contributed by atoms with van der Waals surface area (Å²) in [5.74, 6) is 0.0630. The lowest BCUT2D eigenvalue weighted by molar-refractivity contribution is -0.140. The normalized spacial score (nSPS) is 20.4. The van der Waals surface area contributed by atoms with E-state index in [1.807, 2.05) is 43.3 Å². The summed E-state index contributed by atoms with van der Waals surface area (Å²) in [7, 11) is 0. The van der Waals surface area contributed by atoms with E-state index in [0.717, 1.165) is 49.2 Å². The Morgan fingerprint density at radius 3 is 2.65 bits per heavy atom. The standard InChI is InChI=1S/C30H38N2O5/c1-5-8-16-36-24-11-9-10-21(19-24)27-26(29(34)30(35)32(27)15-14-31(6-2)7-3)28(33)22-12-13-25-23(18-22)17-20(4)37-25/h9-13,18-20,27,33H,5-8,14-17H2,1-4H3/b28-26+/t20-,27-/m0/s1. The molecule has 7 heteroatoms. The van der Waals surface area contributed by atoms with Crippen LogP contribution in [0.5, 0.6) is 11.5 Å². The molecule has 4 rings (SSSR count). The number of aliphatic hydroxyl groups excluding tert-OH is 1.